The molecule has 0 spiro atoms. The average molecular weight is 213 g/mol. The van der Waals surface area contributed by atoms with Gasteiger partial charge in [-0.05, 0) is 19.8 Å². The molecule has 0 bridgehead atoms. The molecule has 1 rings (SSSR count). The second-order valence-electron chi connectivity index (χ2n) is 3.81. The zero-order valence-corrected chi connectivity index (χ0v) is 10.0. The van der Waals surface area contributed by atoms with E-state index in [0.717, 1.165) is 30.7 Å². The van der Waals surface area contributed by atoms with Gasteiger partial charge in [0.25, 0.3) is 0 Å². The summed E-state index contributed by atoms with van der Waals surface area (Å²) in [6, 6.07) is 0. The Bertz CT molecular complexity index is 277. The van der Waals surface area contributed by atoms with Gasteiger partial charge in [-0.2, -0.15) is 0 Å². The lowest BCUT2D eigenvalue weighted by molar-refractivity contribution is 0.0167. The first-order valence-electron chi connectivity index (χ1n) is 5.27. The minimum Gasteiger partial charge on any atom is -0.383 e. The molecule has 0 radical (unpaired) electrons. The molecule has 0 atom stereocenters. The maximum Gasteiger partial charge on any atom is 0.125 e. The van der Waals surface area contributed by atoms with Crippen molar-refractivity contribution < 1.29 is 5.11 Å². The van der Waals surface area contributed by atoms with Crippen molar-refractivity contribution in [1.82, 2.24) is 4.98 Å². The summed E-state index contributed by atoms with van der Waals surface area (Å²) in [5.74, 6) is 0. The van der Waals surface area contributed by atoms with Crippen LogP contribution in [0.4, 0.5) is 0 Å². The van der Waals surface area contributed by atoms with Crippen molar-refractivity contribution in [3.05, 3.63) is 16.1 Å². The Morgan fingerprint density at radius 3 is 2.29 bits per heavy atom. The van der Waals surface area contributed by atoms with Gasteiger partial charge >= 0.3 is 0 Å². The van der Waals surface area contributed by atoms with Crippen LogP contribution in [0, 0.1) is 6.92 Å². The number of aliphatic hydroxyl groups is 1. The van der Waals surface area contributed by atoms with Crippen molar-refractivity contribution in [2.75, 3.05) is 0 Å². The SMILES string of the molecule is CCCC(O)(CCC)c1ncc(C)s1. The van der Waals surface area contributed by atoms with Crippen molar-refractivity contribution in [3.63, 3.8) is 0 Å². The van der Waals surface area contributed by atoms with Gasteiger partial charge in [-0.15, -0.1) is 11.3 Å². The summed E-state index contributed by atoms with van der Waals surface area (Å²) in [5, 5.41) is 11.3. The Hall–Kier alpha value is -0.410. The van der Waals surface area contributed by atoms with Crippen LogP contribution in [-0.4, -0.2) is 10.1 Å². The number of thiazole rings is 1. The summed E-state index contributed by atoms with van der Waals surface area (Å²) < 4.78 is 0. The molecule has 0 saturated heterocycles. The highest BCUT2D eigenvalue weighted by Crippen LogP contribution is 2.33. The van der Waals surface area contributed by atoms with Crippen LogP contribution in [0.3, 0.4) is 0 Å². The van der Waals surface area contributed by atoms with Gasteiger partial charge in [-0.25, -0.2) is 4.98 Å². The van der Waals surface area contributed by atoms with Crippen LogP contribution in [0.2, 0.25) is 0 Å². The molecule has 0 saturated carbocycles. The zero-order chi connectivity index (χ0) is 10.6. The molecule has 0 aliphatic carbocycles. The minimum atomic E-state index is -0.678. The summed E-state index contributed by atoms with van der Waals surface area (Å²) in [4.78, 5) is 5.47. The van der Waals surface area contributed by atoms with Crippen LogP contribution in [-0.2, 0) is 5.60 Å². The van der Waals surface area contributed by atoms with Gasteiger partial charge in [0.2, 0.25) is 0 Å². The molecule has 0 unspecified atom stereocenters. The molecular formula is C11H19NOS. The van der Waals surface area contributed by atoms with E-state index in [1.807, 2.05) is 13.1 Å². The number of nitrogens with zero attached hydrogens (tertiary/aromatic N) is 1. The van der Waals surface area contributed by atoms with Crippen molar-refractivity contribution in [1.29, 1.82) is 0 Å². The number of aromatic nitrogens is 1. The first-order chi connectivity index (χ1) is 6.62. The van der Waals surface area contributed by atoms with Crippen LogP contribution < -0.4 is 0 Å². The first-order valence-corrected chi connectivity index (χ1v) is 6.09. The number of hydrogen-bond donors (Lipinski definition) is 1. The standard InChI is InChI=1S/C11H19NOS/c1-4-6-11(13,7-5-2)10-12-8-9(3)14-10/h8,13H,4-7H2,1-3H3. The maximum absolute atomic E-state index is 10.4. The minimum absolute atomic E-state index is 0.678. The molecule has 1 aromatic rings. The second kappa shape index (κ2) is 4.89. The number of rotatable bonds is 5. The molecule has 0 aliphatic heterocycles. The molecule has 1 heterocycles. The lowest BCUT2D eigenvalue weighted by Crippen LogP contribution is -2.24. The van der Waals surface area contributed by atoms with Gasteiger partial charge in [0.05, 0.1) is 0 Å². The molecule has 0 amide bonds. The molecular weight excluding hydrogens is 194 g/mol. The van der Waals surface area contributed by atoms with Crippen molar-refractivity contribution in [2.24, 2.45) is 0 Å². The van der Waals surface area contributed by atoms with E-state index >= 15 is 0 Å². The zero-order valence-electron chi connectivity index (χ0n) is 9.21. The largest absolute Gasteiger partial charge is 0.383 e. The van der Waals surface area contributed by atoms with Gasteiger partial charge in [0.1, 0.15) is 10.6 Å². The van der Waals surface area contributed by atoms with Gasteiger partial charge < -0.3 is 5.11 Å². The summed E-state index contributed by atoms with van der Waals surface area (Å²) in [6.07, 6.45) is 5.46. The predicted molar refractivity (Wildman–Crippen MR) is 60.6 cm³/mol. The molecule has 0 fully saturated rings. The summed E-state index contributed by atoms with van der Waals surface area (Å²) in [6.45, 7) is 6.22. The molecule has 3 heteroatoms. The second-order valence-corrected chi connectivity index (χ2v) is 5.04. The van der Waals surface area contributed by atoms with Crippen molar-refractivity contribution >= 4 is 11.3 Å². The Kier molecular flexibility index (Phi) is 4.08. The summed E-state index contributed by atoms with van der Waals surface area (Å²) >= 11 is 1.61. The van der Waals surface area contributed by atoms with E-state index < -0.39 is 5.60 Å². The Balaban J connectivity index is 2.86. The van der Waals surface area contributed by atoms with Gasteiger partial charge in [0.15, 0.2) is 0 Å². The molecule has 1 aromatic heterocycles. The fourth-order valence-corrected chi connectivity index (χ4v) is 2.65. The molecule has 0 aromatic carbocycles. The maximum atomic E-state index is 10.4. The Labute approximate surface area is 90.0 Å². The van der Waals surface area contributed by atoms with Crippen LogP contribution in [0.25, 0.3) is 0 Å². The van der Waals surface area contributed by atoms with Crippen molar-refractivity contribution in [2.45, 2.75) is 52.1 Å². The van der Waals surface area contributed by atoms with E-state index in [2.05, 4.69) is 18.8 Å². The molecule has 80 valence electrons. The third kappa shape index (κ3) is 2.55. The third-order valence-corrected chi connectivity index (χ3v) is 3.45. The highest BCUT2D eigenvalue weighted by Gasteiger charge is 2.30. The molecule has 14 heavy (non-hydrogen) atoms. The lowest BCUT2D eigenvalue weighted by Gasteiger charge is -2.24. The fraction of sp³-hybridized carbons (Fsp3) is 0.727. The van der Waals surface area contributed by atoms with E-state index in [1.165, 1.54) is 4.88 Å². The van der Waals surface area contributed by atoms with E-state index in [9.17, 15) is 5.11 Å². The van der Waals surface area contributed by atoms with E-state index in [0.29, 0.717) is 0 Å². The summed E-state index contributed by atoms with van der Waals surface area (Å²) in [5.41, 5.74) is -0.678. The third-order valence-electron chi connectivity index (χ3n) is 2.35. The van der Waals surface area contributed by atoms with E-state index in [-0.39, 0.29) is 0 Å². The van der Waals surface area contributed by atoms with Crippen molar-refractivity contribution in [3.8, 4) is 0 Å². The van der Waals surface area contributed by atoms with Gasteiger partial charge in [-0.3, -0.25) is 0 Å². The smallest absolute Gasteiger partial charge is 0.125 e. The Morgan fingerprint density at radius 2 is 1.93 bits per heavy atom. The van der Waals surface area contributed by atoms with E-state index in [4.69, 9.17) is 0 Å². The highest BCUT2D eigenvalue weighted by atomic mass is 32.1. The molecule has 1 N–H and O–H groups in total. The van der Waals surface area contributed by atoms with Crippen LogP contribution in [0.5, 0.6) is 0 Å². The lowest BCUT2D eigenvalue weighted by atomic mass is 9.93. The highest BCUT2D eigenvalue weighted by molar-refractivity contribution is 7.11. The normalized spacial score (nSPS) is 12.0. The monoisotopic (exact) mass is 213 g/mol. The first kappa shape index (κ1) is 11.7. The average Bonchev–Trinajstić information content (AvgIpc) is 2.53. The van der Waals surface area contributed by atoms with Crippen LogP contribution >= 0.6 is 11.3 Å². The molecule has 0 aliphatic rings. The van der Waals surface area contributed by atoms with Gasteiger partial charge in [0, 0.05) is 11.1 Å². The summed E-state index contributed by atoms with van der Waals surface area (Å²) in [7, 11) is 0. The topological polar surface area (TPSA) is 33.1 Å². The predicted octanol–water partition coefficient (Wildman–Crippen LogP) is 3.24. The molecule has 2 nitrogen and oxygen atoms in total. The van der Waals surface area contributed by atoms with E-state index in [1.54, 1.807) is 11.3 Å². The fourth-order valence-electron chi connectivity index (χ4n) is 1.74. The number of hydrogen-bond acceptors (Lipinski definition) is 3. The van der Waals surface area contributed by atoms with Crippen LogP contribution in [0.1, 0.15) is 49.4 Å². The Morgan fingerprint density at radius 1 is 1.36 bits per heavy atom. The quantitative estimate of drug-likeness (QED) is 0.814. The number of aryl methyl sites for hydroxylation is 1. The van der Waals surface area contributed by atoms with Crippen LogP contribution in [0.15, 0.2) is 6.20 Å². The van der Waals surface area contributed by atoms with Gasteiger partial charge in [-0.1, -0.05) is 26.7 Å².